The van der Waals surface area contributed by atoms with E-state index in [0.29, 0.717) is 12.1 Å². The molecule has 0 radical (unpaired) electrons. The quantitative estimate of drug-likeness (QED) is 0.850. The molecule has 2 aromatic carbocycles. The number of rotatable bonds is 4. The van der Waals surface area contributed by atoms with Crippen molar-refractivity contribution in [1.82, 2.24) is 5.43 Å². The van der Waals surface area contributed by atoms with E-state index in [4.69, 9.17) is 0 Å². The number of carbonyl (C=O) groups excluding carboxylic acids is 1. The van der Waals surface area contributed by atoms with Crippen molar-refractivity contribution in [1.29, 1.82) is 0 Å². The van der Waals surface area contributed by atoms with Gasteiger partial charge in [0.1, 0.15) is 0 Å². The molecule has 1 N–H and O–H groups in total. The first-order chi connectivity index (χ1) is 9.20. The SMILES string of the molecule is CCN(NC(=O)c1ccccc1)c1ccc(C)cc1. The molecule has 0 aliphatic rings. The highest BCUT2D eigenvalue weighted by atomic mass is 16.2. The zero-order chi connectivity index (χ0) is 13.7. The Morgan fingerprint density at radius 2 is 1.68 bits per heavy atom. The van der Waals surface area contributed by atoms with Gasteiger partial charge in [0, 0.05) is 12.1 Å². The summed E-state index contributed by atoms with van der Waals surface area (Å²) in [5.41, 5.74) is 5.76. The van der Waals surface area contributed by atoms with Crippen LogP contribution in [0.2, 0.25) is 0 Å². The number of hydrazine groups is 1. The lowest BCUT2D eigenvalue weighted by Gasteiger charge is -2.24. The number of nitrogens with one attached hydrogen (secondary N) is 1. The molecule has 0 bridgehead atoms. The third-order valence-electron chi connectivity index (χ3n) is 2.93. The van der Waals surface area contributed by atoms with Crippen LogP contribution in [0.5, 0.6) is 0 Å². The molecule has 0 aromatic heterocycles. The fourth-order valence-corrected chi connectivity index (χ4v) is 1.83. The van der Waals surface area contributed by atoms with Gasteiger partial charge in [0.05, 0.1) is 5.69 Å². The van der Waals surface area contributed by atoms with E-state index in [1.807, 2.05) is 61.3 Å². The van der Waals surface area contributed by atoms with Gasteiger partial charge in [-0.15, -0.1) is 0 Å². The van der Waals surface area contributed by atoms with E-state index >= 15 is 0 Å². The van der Waals surface area contributed by atoms with Crippen LogP contribution < -0.4 is 10.4 Å². The summed E-state index contributed by atoms with van der Waals surface area (Å²) in [6, 6.07) is 17.3. The third kappa shape index (κ3) is 3.35. The minimum absolute atomic E-state index is 0.0944. The standard InChI is InChI=1S/C16H18N2O/c1-3-18(15-11-9-13(2)10-12-15)17-16(19)14-7-5-4-6-8-14/h4-12H,3H2,1-2H3,(H,17,19). The van der Waals surface area contributed by atoms with Crippen LogP contribution >= 0.6 is 0 Å². The second kappa shape index (κ2) is 6.05. The predicted molar refractivity (Wildman–Crippen MR) is 78.1 cm³/mol. The summed E-state index contributed by atoms with van der Waals surface area (Å²) < 4.78 is 0. The zero-order valence-corrected chi connectivity index (χ0v) is 11.3. The van der Waals surface area contributed by atoms with Crippen LogP contribution in [0.15, 0.2) is 54.6 Å². The second-order valence-corrected chi connectivity index (χ2v) is 4.39. The van der Waals surface area contributed by atoms with Gasteiger partial charge in [0.15, 0.2) is 0 Å². The first-order valence-electron chi connectivity index (χ1n) is 6.41. The summed E-state index contributed by atoms with van der Waals surface area (Å²) in [5.74, 6) is -0.0944. The smallest absolute Gasteiger partial charge is 0.269 e. The van der Waals surface area contributed by atoms with Crippen molar-refractivity contribution >= 4 is 11.6 Å². The number of nitrogens with zero attached hydrogens (tertiary/aromatic N) is 1. The number of hydrogen-bond donors (Lipinski definition) is 1. The largest absolute Gasteiger partial charge is 0.286 e. The van der Waals surface area contributed by atoms with Crippen LogP contribution in [0.4, 0.5) is 5.69 Å². The number of hydrogen-bond acceptors (Lipinski definition) is 2. The molecule has 98 valence electrons. The average molecular weight is 254 g/mol. The third-order valence-corrected chi connectivity index (χ3v) is 2.93. The molecule has 2 aromatic rings. The minimum atomic E-state index is -0.0944. The Balaban J connectivity index is 2.11. The number of anilines is 1. The van der Waals surface area contributed by atoms with E-state index < -0.39 is 0 Å². The van der Waals surface area contributed by atoms with E-state index in [-0.39, 0.29) is 5.91 Å². The Bertz CT molecular complexity index is 534. The van der Waals surface area contributed by atoms with Gasteiger partial charge in [-0.3, -0.25) is 15.2 Å². The molecule has 0 aliphatic heterocycles. The van der Waals surface area contributed by atoms with Gasteiger partial charge < -0.3 is 0 Å². The lowest BCUT2D eigenvalue weighted by molar-refractivity contribution is 0.0949. The first-order valence-corrected chi connectivity index (χ1v) is 6.41. The van der Waals surface area contributed by atoms with Crippen LogP contribution in [0.25, 0.3) is 0 Å². The van der Waals surface area contributed by atoms with Gasteiger partial charge in [-0.25, -0.2) is 0 Å². The predicted octanol–water partition coefficient (Wildman–Crippen LogP) is 3.17. The maximum Gasteiger partial charge on any atom is 0.269 e. The van der Waals surface area contributed by atoms with Crippen LogP contribution in [-0.2, 0) is 0 Å². The summed E-state index contributed by atoms with van der Waals surface area (Å²) in [4.78, 5) is 12.1. The molecule has 0 spiro atoms. The van der Waals surface area contributed by atoms with E-state index in [1.165, 1.54) is 5.56 Å². The van der Waals surface area contributed by atoms with Crippen LogP contribution in [-0.4, -0.2) is 12.5 Å². The molecule has 19 heavy (non-hydrogen) atoms. The van der Waals surface area contributed by atoms with Crippen LogP contribution in [0.3, 0.4) is 0 Å². The molecule has 0 heterocycles. The number of aryl methyl sites for hydroxylation is 1. The molecule has 0 atom stereocenters. The molecule has 3 heteroatoms. The lowest BCUT2D eigenvalue weighted by Crippen LogP contribution is -2.42. The Kier molecular flexibility index (Phi) is 4.18. The highest BCUT2D eigenvalue weighted by Gasteiger charge is 2.09. The van der Waals surface area contributed by atoms with E-state index in [1.54, 1.807) is 12.1 Å². The van der Waals surface area contributed by atoms with Crippen molar-refractivity contribution < 1.29 is 4.79 Å². The molecule has 0 unspecified atom stereocenters. The Morgan fingerprint density at radius 1 is 1.05 bits per heavy atom. The second-order valence-electron chi connectivity index (χ2n) is 4.39. The summed E-state index contributed by atoms with van der Waals surface area (Å²) in [5, 5.41) is 1.84. The normalized spacial score (nSPS) is 10.0. The monoisotopic (exact) mass is 254 g/mol. The Morgan fingerprint density at radius 3 is 2.26 bits per heavy atom. The fourth-order valence-electron chi connectivity index (χ4n) is 1.83. The highest BCUT2D eigenvalue weighted by molar-refractivity contribution is 5.95. The molecular formula is C16H18N2O. The highest BCUT2D eigenvalue weighted by Crippen LogP contribution is 2.13. The van der Waals surface area contributed by atoms with Gasteiger partial charge in [0.2, 0.25) is 0 Å². The van der Waals surface area contributed by atoms with Gasteiger partial charge in [-0.2, -0.15) is 0 Å². The summed E-state index contributed by atoms with van der Waals surface area (Å²) >= 11 is 0. The molecule has 2 rings (SSSR count). The van der Waals surface area contributed by atoms with Gasteiger partial charge in [0.25, 0.3) is 5.91 Å². The van der Waals surface area contributed by atoms with E-state index in [9.17, 15) is 4.79 Å². The van der Waals surface area contributed by atoms with Gasteiger partial charge in [-0.05, 0) is 38.1 Å². The van der Waals surface area contributed by atoms with Crippen molar-refractivity contribution in [3.05, 3.63) is 65.7 Å². The zero-order valence-electron chi connectivity index (χ0n) is 11.3. The molecule has 0 fully saturated rings. The number of benzene rings is 2. The van der Waals surface area contributed by atoms with Gasteiger partial charge in [-0.1, -0.05) is 35.9 Å². The van der Waals surface area contributed by atoms with Crippen molar-refractivity contribution in [2.45, 2.75) is 13.8 Å². The van der Waals surface area contributed by atoms with Gasteiger partial charge >= 0.3 is 0 Å². The maximum absolute atomic E-state index is 12.1. The Hall–Kier alpha value is -2.29. The van der Waals surface area contributed by atoms with Crippen LogP contribution in [0.1, 0.15) is 22.8 Å². The van der Waals surface area contributed by atoms with Crippen LogP contribution in [0, 0.1) is 6.92 Å². The molecule has 0 saturated carbocycles. The summed E-state index contributed by atoms with van der Waals surface area (Å²) in [6.07, 6.45) is 0. The lowest BCUT2D eigenvalue weighted by atomic mass is 10.2. The number of carbonyl (C=O) groups is 1. The fraction of sp³-hybridized carbons (Fsp3) is 0.188. The Labute approximate surface area is 113 Å². The molecule has 1 amide bonds. The maximum atomic E-state index is 12.1. The molecular weight excluding hydrogens is 236 g/mol. The summed E-state index contributed by atoms with van der Waals surface area (Å²) in [7, 11) is 0. The first kappa shape index (κ1) is 13.1. The minimum Gasteiger partial charge on any atom is -0.286 e. The molecule has 3 nitrogen and oxygen atoms in total. The van der Waals surface area contributed by atoms with Crippen molar-refractivity contribution in [2.24, 2.45) is 0 Å². The van der Waals surface area contributed by atoms with Crippen molar-refractivity contribution in [2.75, 3.05) is 11.6 Å². The molecule has 0 saturated heterocycles. The van der Waals surface area contributed by atoms with E-state index in [0.717, 1.165) is 5.69 Å². The topological polar surface area (TPSA) is 32.3 Å². The number of amides is 1. The van der Waals surface area contributed by atoms with E-state index in [2.05, 4.69) is 5.43 Å². The average Bonchev–Trinajstić information content (AvgIpc) is 2.46. The van der Waals surface area contributed by atoms with Crippen molar-refractivity contribution in [3.8, 4) is 0 Å². The summed E-state index contributed by atoms with van der Waals surface area (Å²) in [6.45, 7) is 4.76. The van der Waals surface area contributed by atoms with Crippen molar-refractivity contribution in [3.63, 3.8) is 0 Å². The molecule has 0 aliphatic carbocycles.